The van der Waals surface area contributed by atoms with Gasteiger partial charge in [-0.1, -0.05) is 26.0 Å². The molecule has 1 spiro atoms. The summed E-state index contributed by atoms with van der Waals surface area (Å²) in [4.78, 5) is 34.4. The molecule has 6 aliphatic rings. The van der Waals surface area contributed by atoms with Gasteiger partial charge in [-0.3, -0.25) is 14.7 Å². The third kappa shape index (κ3) is 4.82. The minimum absolute atomic E-state index is 0.00308. The molecule has 0 radical (unpaired) electrons. The van der Waals surface area contributed by atoms with E-state index in [9.17, 15) is 19.8 Å². The lowest BCUT2D eigenvalue weighted by molar-refractivity contribution is -0.328. The normalized spacial score (nSPS) is 41.5. The highest BCUT2D eigenvalue weighted by Crippen LogP contribution is 2.78. The second-order valence-electron chi connectivity index (χ2n) is 16.2. The molecule has 1 unspecified atom stereocenters. The number of aliphatic hydroxyl groups is 2. The van der Waals surface area contributed by atoms with Crippen molar-refractivity contribution in [3.8, 4) is 0 Å². The molecule has 1 aliphatic heterocycles. The molecule has 2 heterocycles. The number of nitrogens with one attached hydrogen (secondary N) is 1. The molecule has 11 nitrogen and oxygen atoms in total. The maximum atomic E-state index is 14.5. The van der Waals surface area contributed by atoms with Gasteiger partial charge >= 0.3 is 5.97 Å². The van der Waals surface area contributed by atoms with Crippen LogP contribution in [-0.4, -0.2) is 108 Å². The number of aromatic nitrogens is 1. The third-order valence-corrected chi connectivity index (χ3v) is 14.4. The van der Waals surface area contributed by atoms with Gasteiger partial charge in [-0.05, 0) is 86.9 Å². The van der Waals surface area contributed by atoms with E-state index in [4.69, 9.17) is 18.9 Å². The van der Waals surface area contributed by atoms with Crippen LogP contribution in [0.4, 0.5) is 5.69 Å². The van der Waals surface area contributed by atoms with Crippen LogP contribution in [0.15, 0.2) is 48.7 Å². The Hall–Kier alpha value is -3.19. The van der Waals surface area contributed by atoms with Crippen LogP contribution in [0.1, 0.15) is 74.0 Å². The van der Waals surface area contributed by atoms with E-state index in [1.54, 1.807) is 57.9 Å². The van der Waals surface area contributed by atoms with Crippen LogP contribution in [0.2, 0.25) is 0 Å². The highest BCUT2D eigenvalue weighted by Gasteiger charge is 2.88. The van der Waals surface area contributed by atoms with E-state index in [1.165, 1.54) is 6.08 Å². The van der Waals surface area contributed by atoms with Gasteiger partial charge in [0, 0.05) is 81.5 Å². The van der Waals surface area contributed by atoms with Crippen molar-refractivity contribution in [3.63, 3.8) is 0 Å². The van der Waals surface area contributed by atoms with Crippen LogP contribution in [0.5, 0.6) is 0 Å². The van der Waals surface area contributed by atoms with Gasteiger partial charge in [-0.15, -0.1) is 0 Å². The number of piperidine rings is 1. The zero-order valence-electron chi connectivity index (χ0n) is 30.9. The summed E-state index contributed by atoms with van der Waals surface area (Å²) in [5.74, 6) is -1.68. The van der Waals surface area contributed by atoms with Crippen LogP contribution in [-0.2, 0) is 30.2 Å². The van der Waals surface area contributed by atoms with E-state index in [0.717, 1.165) is 17.7 Å². The SMILES string of the molecule is CCc1cc(/C=C/C(=O)Nc2ccccc2C(=O)O[C@@]23CC[C@H](OC)[C@]45C([C@@H](C[C@H]24)[C@@]2(O)C[C@H](OC)C[C@H]4C[C@@H]5[C@]2(O)[C@H]4OC)N(CC)C3)ccn1. The van der Waals surface area contributed by atoms with Gasteiger partial charge in [-0.2, -0.15) is 0 Å². The summed E-state index contributed by atoms with van der Waals surface area (Å²) in [5, 5.41) is 29.2. The molecule has 1 aromatic heterocycles. The third-order valence-electron chi connectivity index (χ3n) is 14.4. The molecule has 280 valence electrons. The van der Waals surface area contributed by atoms with Crippen molar-refractivity contribution < 1.29 is 38.7 Å². The number of methoxy groups -OCH3 is 3. The van der Waals surface area contributed by atoms with Gasteiger partial charge in [0.2, 0.25) is 5.91 Å². The zero-order valence-corrected chi connectivity index (χ0v) is 30.9. The molecule has 11 heteroatoms. The first-order valence-electron chi connectivity index (χ1n) is 19.1. The Morgan fingerprint density at radius 2 is 1.85 bits per heavy atom. The average Bonchev–Trinajstić information content (AvgIpc) is 3.55. The Morgan fingerprint density at radius 1 is 1.04 bits per heavy atom. The summed E-state index contributed by atoms with van der Waals surface area (Å²) in [5.41, 5.74) is -2.02. The maximum absolute atomic E-state index is 14.5. The number of para-hydroxylation sites is 1. The predicted molar refractivity (Wildman–Crippen MR) is 193 cm³/mol. The van der Waals surface area contributed by atoms with Crippen LogP contribution in [0.25, 0.3) is 6.08 Å². The number of amides is 1. The fraction of sp³-hybridized carbons (Fsp3) is 0.634. The highest BCUT2D eigenvalue weighted by molar-refractivity contribution is 6.06. The number of hydrogen-bond donors (Lipinski definition) is 3. The number of carbonyl (C=O) groups is 2. The minimum atomic E-state index is -1.52. The molecule has 1 saturated heterocycles. The van der Waals surface area contributed by atoms with Crippen molar-refractivity contribution >= 4 is 23.6 Å². The number of benzene rings is 1. The molecule has 6 fully saturated rings. The van der Waals surface area contributed by atoms with E-state index in [0.29, 0.717) is 57.3 Å². The molecule has 7 bridgehead atoms. The molecular formula is C41H53N3O8. The summed E-state index contributed by atoms with van der Waals surface area (Å²) in [6.45, 7) is 5.36. The first-order valence-corrected chi connectivity index (χ1v) is 19.1. The van der Waals surface area contributed by atoms with Gasteiger partial charge < -0.3 is 34.5 Å². The number of likely N-dealkylation sites (N-methyl/N-ethyl adjacent to an activating group) is 1. The number of anilines is 1. The second-order valence-corrected chi connectivity index (χ2v) is 16.2. The number of rotatable bonds is 10. The van der Waals surface area contributed by atoms with E-state index < -0.39 is 34.3 Å². The van der Waals surface area contributed by atoms with Crippen molar-refractivity contribution in [2.45, 2.75) is 100.0 Å². The van der Waals surface area contributed by atoms with E-state index in [2.05, 4.69) is 22.1 Å². The number of aryl methyl sites for hydroxylation is 1. The topological polar surface area (TPSA) is 140 Å². The number of hydrogen-bond acceptors (Lipinski definition) is 10. The van der Waals surface area contributed by atoms with Crippen molar-refractivity contribution in [2.75, 3.05) is 39.7 Å². The fourth-order valence-corrected chi connectivity index (χ4v) is 12.7. The quantitative estimate of drug-likeness (QED) is 0.242. The number of carbonyl (C=O) groups excluding carboxylic acids is 2. The van der Waals surface area contributed by atoms with Crippen LogP contribution in [0.3, 0.4) is 0 Å². The maximum Gasteiger partial charge on any atom is 0.340 e. The van der Waals surface area contributed by atoms with Crippen molar-refractivity contribution in [3.05, 3.63) is 65.5 Å². The van der Waals surface area contributed by atoms with E-state index in [1.807, 2.05) is 19.1 Å². The number of esters is 1. The summed E-state index contributed by atoms with van der Waals surface area (Å²) in [7, 11) is 5.09. The lowest BCUT2D eigenvalue weighted by Crippen LogP contribution is -2.82. The number of likely N-dealkylation sites (tertiary alicyclic amines) is 1. The zero-order chi connectivity index (χ0) is 36.6. The predicted octanol–water partition coefficient (Wildman–Crippen LogP) is 4.26. The monoisotopic (exact) mass is 715 g/mol. The Kier molecular flexibility index (Phi) is 8.95. The number of fused-ring (bicyclic) bond motifs is 2. The number of ether oxygens (including phenoxy) is 4. The molecule has 1 amide bonds. The molecule has 52 heavy (non-hydrogen) atoms. The molecule has 12 atom stereocenters. The Labute approximate surface area is 306 Å². The average molecular weight is 716 g/mol. The largest absolute Gasteiger partial charge is 0.454 e. The summed E-state index contributed by atoms with van der Waals surface area (Å²) < 4.78 is 25.4. The molecular weight excluding hydrogens is 662 g/mol. The smallest absolute Gasteiger partial charge is 0.340 e. The molecule has 5 saturated carbocycles. The molecule has 1 aromatic carbocycles. The standard InChI is InChI=1S/C41H53N3O8/c1-6-26-18-24(15-17-42-26)12-13-34(45)43-30-11-9-8-10-28(30)37(46)52-38-16-14-33(50-4)40-31(38)21-29(35(40)44(7-2)23-38)39(47)22-27(49-3)19-25-20-32(40)41(39,48)36(25)51-5/h8-13,15,17-18,25,27,29,31-33,35-36,47-48H,6-7,14,16,19-23H2,1-5H3,(H,43,45)/b13-12+/t25-,27+,29+,31+,32-,33-,35?,36-,38+,39-,40-,41-/m0/s1. The Balaban J connectivity index is 1.15. The molecule has 2 aromatic rings. The number of nitrogens with zero attached hydrogens (tertiary/aromatic N) is 2. The second kappa shape index (κ2) is 13.0. The van der Waals surface area contributed by atoms with Crippen LogP contribution in [0, 0.1) is 29.1 Å². The van der Waals surface area contributed by atoms with Crippen molar-refractivity contribution in [2.24, 2.45) is 29.1 Å². The lowest BCUT2D eigenvalue weighted by atomic mass is 9.43. The van der Waals surface area contributed by atoms with Crippen LogP contribution >= 0.6 is 0 Å². The molecule has 3 N–H and O–H groups in total. The fourth-order valence-electron chi connectivity index (χ4n) is 12.7. The summed E-state index contributed by atoms with van der Waals surface area (Å²) >= 11 is 0. The Bertz CT molecular complexity index is 1750. The van der Waals surface area contributed by atoms with E-state index in [-0.39, 0.29) is 53.4 Å². The van der Waals surface area contributed by atoms with E-state index >= 15 is 0 Å². The van der Waals surface area contributed by atoms with Crippen molar-refractivity contribution in [1.29, 1.82) is 0 Å². The summed E-state index contributed by atoms with van der Waals surface area (Å²) in [6.07, 6.45) is 8.26. The van der Waals surface area contributed by atoms with Gasteiger partial charge in [0.25, 0.3) is 0 Å². The minimum Gasteiger partial charge on any atom is -0.454 e. The van der Waals surface area contributed by atoms with Crippen LogP contribution < -0.4 is 5.32 Å². The first-order chi connectivity index (χ1) is 25.0. The molecule has 8 rings (SSSR count). The van der Waals surface area contributed by atoms with Gasteiger partial charge in [0.05, 0.1) is 29.6 Å². The molecule has 5 aliphatic carbocycles. The van der Waals surface area contributed by atoms with Gasteiger partial charge in [0.1, 0.15) is 16.8 Å². The lowest BCUT2D eigenvalue weighted by Gasteiger charge is -2.70. The van der Waals surface area contributed by atoms with Gasteiger partial charge in [-0.25, -0.2) is 4.79 Å². The first kappa shape index (κ1) is 35.8. The van der Waals surface area contributed by atoms with Crippen molar-refractivity contribution in [1.82, 2.24) is 9.88 Å². The highest BCUT2D eigenvalue weighted by atomic mass is 16.6. The van der Waals surface area contributed by atoms with Gasteiger partial charge in [0.15, 0.2) is 0 Å². The summed E-state index contributed by atoms with van der Waals surface area (Å²) in [6, 6.07) is 10.7. The number of pyridine rings is 1. The Morgan fingerprint density at radius 3 is 2.58 bits per heavy atom.